The van der Waals surface area contributed by atoms with Crippen molar-refractivity contribution in [2.45, 2.75) is 24.3 Å². The van der Waals surface area contributed by atoms with E-state index in [2.05, 4.69) is 5.32 Å². The van der Waals surface area contributed by atoms with Gasteiger partial charge in [0.1, 0.15) is 12.4 Å². The van der Waals surface area contributed by atoms with Gasteiger partial charge in [-0.3, -0.25) is 4.79 Å². The van der Waals surface area contributed by atoms with Crippen LogP contribution in [-0.2, 0) is 21.4 Å². The molecule has 32 heavy (non-hydrogen) atoms. The number of anilines is 1. The molecule has 3 aromatic carbocycles. The summed E-state index contributed by atoms with van der Waals surface area (Å²) in [6, 6.07) is 25.5. The van der Waals surface area contributed by atoms with Crippen LogP contribution in [0.15, 0.2) is 89.8 Å². The molecular weight excluding hydrogens is 424 g/mol. The number of carbonyl (C=O) groups excluding carboxylic acids is 1. The first-order valence-electron chi connectivity index (χ1n) is 10.7. The monoisotopic (exact) mass is 450 g/mol. The van der Waals surface area contributed by atoms with Crippen molar-refractivity contribution >= 4 is 21.6 Å². The van der Waals surface area contributed by atoms with Crippen LogP contribution in [-0.4, -0.2) is 31.7 Å². The lowest BCUT2D eigenvalue weighted by Crippen LogP contribution is -2.43. The maximum Gasteiger partial charge on any atom is 0.243 e. The Kier molecular flexibility index (Phi) is 6.87. The number of rotatable bonds is 7. The number of carbonyl (C=O) groups is 1. The number of benzene rings is 3. The van der Waals surface area contributed by atoms with Crippen LogP contribution >= 0.6 is 0 Å². The van der Waals surface area contributed by atoms with Gasteiger partial charge in [-0.25, -0.2) is 8.42 Å². The van der Waals surface area contributed by atoms with Crippen LogP contribution in [0.3, 0.4) is 0 Å². The summed E-state index contributed by atoms with van der Waals surface area (Å²) in [5.41, 5.74) is 1.74. The van der Waals surface area contributed by atoms with Crippen molar-refractivity contribution in [1.82, 2.24) is 4.31 Å². The van der Waals surface area contributed by atoms with Crippen LogP contribution in [0, 0.1) is 5.92 Å². The summed E-state index contributed by atoms with van der Waals surface area (Å²) in [5.74, 6) is 0.150. The lowest BCUT2D eigenvalue weighted by Gasteiger charge is -2.31. The molecule has 0 bridgehead atoms. The molecule has 6 nitrogen and oxygen atoms in total. The van der Waals surface area contributed by atoms with Crippen LogP contribution in [0.2, 0.25) is 0 Å². The average Bonchev–Trinajstić information content (AvgIpc) is 2.85. The molecule has 0 spiro atoms. The molecular formula is C25H26N2O4S. The van der Waals surface area contributed by atoms with Crippen LogP contribution in [0.4, 0.5) is 5.69 Å². The largest absolute Gasteiger partial charge is 0.489 e. The van der Waals surface area contributed by atoms with Gasteiger partial charge in [0.25, 0.3) is 0 Å². The molecule has 1 aliphatic rings. The first kappa shape index (κ1) is 22.0. The summed E-state index contributed by atoms with van der Waals surface area (Å²) in [5, 5.41) is 2.91. The third-order valence-corrected chi connectivity index (χ3v) is 7.39. The first-order chi connectivity index (χ1) is 15.5. The minimum absolute atomic E-state index is 0.170. The normalized spacial score (nSPS) is 16.9. The number of nitrogens with zero attached hydrogens (tertiary/aromatic N) is 1. The number of sulfonamides is 1. The minimum atomic E-state index is -3.60. The Labute approximate surface area is 188 Å². The Morgan fingerprint density at radius 1 is 0.938 bits per heavy atom. The Morgan fingerprint density at radius 3 is 2.28 bits per heavy atom. The molecule has 0 unspecified atom stereocenters. The third-order valence-electron chi connectivity index (χ3n) is 5.51. The molecule has 4 rings (SSSR count). The molecule has 1 fully saturated rings. The maximum absolute atomic E-state index is 12.9. The highest BCUT2D eigenvalue weighted by Gasteiger charge is 2.33. The van der Waals surface area contributed by atoms with Gasteiger partial charge in [-0.15, -0.1) is 0 Å². The van der Waals surface area contributed by atoms with Gasteiger partial charge in [-0.05, 0) is 54.8 Å². The van der Waals surface area contributed by atoms with E-state index in [1.807, 2.05) is 42.5 Å². The van der Waals surface area contributed by atoms with Gasteiger partial charge in [0.2, 0.25) is 15.9 Å². The van der Waals surface area contributed by atoms with Crippen LogP contribution in [0.5, 0.6) is 5.75 Å². The van der Waals surface area contributed by atoms with Crippen molar-refractivity contribution in [3.8, 4) is 5.75 Å². The van der Waals surface area contributed by atoms with E-state index in [1.165, 1.54) is 4.31 Å². The molecule has 1 N–H and O–H groups in total. The number of nitrogens with one attached hydrogen (secondary N) is 1. The highest BCUT2D eigenvalue weighted by Crippen LogP contribution is 2.25. The summed E-state index contributed by atoms with van der Waals surface area (Å²) in [6.45, 7) is 1.08. The van der Waals surface area contributed by atoms with Crippen molar-refractivity contribution in [1.29, 1.82) is 0 Å². The van der Waals surface area contributed by atoms with E-state index in [0.717, 1.165) is 5.56 Å². The highest BCUT2D eigenvalue weighted by atomic mass is 32.2. The molecule has 0 saturated carbocycles. The second-order valence-corrected chi connectivity index (χ2v) is 9.74. The summed E-state index contributed by atoms with van der Waals surface area (Å²) in [4.78, 5) is 13.1. The molecule has 0 aliphatic carbocycles. The fourth-order valence-electron chi connectivity index (χ4n) is 3.74. The minimum Gasteiger partial charge on any atom is -0.489 e. The van der Waals surface area contributed by atoms with Crippen LogP contribution in [0.25, 0.3) is 0 Å². The third kappa shape index (κ3) is 5.36. The standard InChI is InChI=1S/C25H26N2O4S/c28-25(21-10-7-17-27(18-21)32(29,30)24-11-5-2-6-12-24)26-22-13-15-23(16-14-22)31-19-20-8-3-1-4-9-20/h1-6,8-9,11-16,21H,7,10,17-19H2,(H,26,28)/t21-/m0/s1. The molecule has 166 valence electrons. The van der Waals surface area contributed by atoms with Gasteiger partial charge in [0.05, 0.1) is 10.8 Å². The van der Waals surface area contributed by atoms with E-state index >= 15 is 0 Å². The number of amides is 1. The van der Waals surface area contributed by atoms with Crippen molar-refractivity contribution in [3.63, 3.8) is 0 Å². The van der Waals surface area contributed by atoms with Crippen molar-refractivity contribution in [3.05, 3.63) is 90.5 Å². The lowest BCUT2D eigenvalue weighted by atomic mass is 9.99. The van der Waals surface area contributed by atoms with E-state index in [4.69, 9.17) is 4.74 Å². The second-order valence-electron chi connectivity index (χ2n) is 7.80. The predicted molar refractivity (Wildman–Crippen MR) is 124 cm³/mol. The second kappa shape index (κ2) is 9.97. The zero-order valence-electron chi connectivity index (χ0n) is 17.7. The topological polar surface area (TPSA) is 75.7 Å². The lowest BCUT2D eigenvalue weighted by molar-refractivity contribution is -0.120. The Balaban J connectivity index is 1.34. The van der Waals surface area contributed by atoms with Crippen molar-refractivity contribution < 1.29 is 17.9 Å². The van der Waals surface area contributed by atoms with Gasteiger partial charge in [-0.2, -0.15) is 4.31 Å². The Morgan fingerprint density at radius 2 is 1.59 bits per heavy atom. The van der Waals surface area contributed by atoms with E-state index in [1.54, 1.807) is 42.5 Å². The smallest absolute Gasteiger partial charge is 0.243 e. The van der Waals surface area contributed by atoms with Crippen molar-refractivity contribution in [2.75, 3.05) is 18.4 Å². The fourth-order valence-corrected chi connectivity index (χ4v) is 5.28. The van der Waals surface area contributed by atoms with Gasteiger partial charge in [0, 0.05) is 18.8 Å². The Bertz CT molecular complexity index is 1130. The molecule has 1 amide bonds. The molecule has 1 atom stereocenters. The van der Waals surface area contributed by atoms with E-state index in [0.29, 0.717) is 37.4 Å². The maximum atomic E-state index is 12.9. The quantitative estimate of drug-likeness (QED) is 0.582. The highest BCUT2D eigenvalue weighted by molar-refractivity contribution is 7.89. The Hall–Kier alpha value is -3.16. The van der Waals surface area contributed by atoms with Crippen LogP contribution in [0.1, 0.15) is 18.4 Å². The van der Waals surface area contributed by atoms with E-state index < -0.39 is 15.9 Å². The SMILES string of the molecule is O=C(Nc1ccc(OCc2ccccc2)cc1)[C@H]1CCCN(S(=O)(=O)c2ccccc2)C1. The summed E-state index contributed by atoms with van der Waals surface area (Å²) < 4.78 is 33.0. The predicted octanol–water partition coefficient (Wildman–Crippen LogP) is 4.31. The molecule has 7 heteroatoms. The summed E-state index contributed by atoms with van der Waals surface area (Å²) in [6.07, 6.45) is 1.31. The average molecular weight is 451 g/mol. The molecule has 1 heterocycles. The van der Waals surface area contributed by atoms with Gasteiger partial charge in [-0.1, -0.05) is 48.5 Å². The zero-order chi connectivity index (χ0) is 22.4. The first-order valence-corrected chi connectivity index (χ1v) is 12.1. The van der Waals surface area contributed by atoms with Crippen LogP contribution < -0.4 is 10.1 Å². The summed E-state index contributed by atoms with van der Waals surface area (Å²) >= 11 is 0. The van der Waals surface area contributed by atoms with Crippen molar-refractivity contribution in [2.24, 2.45) is 5.92 Å². The number of hydrogen-bond acceptors (Lipinski definition) is 4. The molecule has 3 aromatic rings. The van der Waals surface area contributed by atoms with Gasteiger partial charge in [0.15, 0.2) is 0 Å². The zero-order valence-corrected chi connectivity index (χ0v) is 18.5. The van der Waals surface area contributed by atoms with E-state index in [-0.39, 0.29) is 17.3 Å². The number of hydrogen-bond donors (Lipinski definition) is 1. The molecule has 1 saturated heterocycles. The fraction of sp³-hybridized carbons (Fsp3) is 0.240. The summed E-state index contributed by atoms with van der Waals surface area (Å²) in [7, 11) is -3.60. The van der Waals surface area contributed by atoms with E-state index in [9.17, 15) is 13.2 Å². The van der Waals surface area contributed by atoms with Gasteiger partial charge >= 0.3 is 0 Å². The van der Waals surface area contributed by atoms with Gasteiger partial charge < -0.3 is 10.1 Å². The molecule has 0 aromatic heterocycles. The number of piperidine rings is 1. The number of ether oxygens (including phenoxy) is 1. The molecule has 0 radical (unpaired) electrons. The molecule has 1 aliphatic heterocycles.